The number of para-hydroxylation sites is 1. The second-order valence-corrected chi connectivity index (χ2v) is 5.16. The molecule has 2 N–H and O–H groups in total. The summed E-state index contributed by atoms with van der Waals surface area (Å²) >= 11 is 5.08. The lowest BCUT2D eigenvalue weighted by atomic mass is 10.1. The number of benzene rings is 2. The van der Waals surface area contributed by atoms with Crippen molar-refractivity contribution in [2.45, 2.75) is 0 Å². The SMILES string of the molecule is COc1ccc(NC(=S)NC(=O)c2ccccc2[N+](=O)[O-])cc1OC. The number of carbonyl (C=O) groups excluding carboxylic acids is 1. The number of carbonyl (C=O) groups is 1. The molecular weight excluding hydrogens is 346 g/mol. The summed E-state index contributed by atoms with van der Waals surface area (Å²) < 4.78 is 10.3. The van der Waals surface area contributed by atoms with Gasteiger partial charge in [-0.15, -0.1) is 0 Å². The maximum absolute atomic E-state index is 12.2. The van der Waals surface area contributed by atoms with Crippen molar-refractivity contribution >= 4 is 34.6 Å². The quantitative estimate of drug-likeness (QED) is 0.479. The fraction of sp³-hybridized carbons (Fsp3) is 0.125. The number of ether oxygens (including phenoxy) is 2. The van der Waals surface area contributed by atoms with E-state index in [2.05, 4.69) is 10.6 Å². The van der Waals surface area contributed by atoms with Crippen LogP contribution in [0.15, 0.2) is 42.5 Å². The van der Waals surface area contributed by atoms with Crippen LogP contribution in [-0.2, 0) is 0 Å². The molecule has 0 saturated carbocycles. The van der Waals surface area contributed by atoms with E-state index in [1.165, 1.54) is 38.5 Å². The van der Waals surface area contributed by atoms with Gasteiger partial charge in [0.25, 0.3) is 11.6 Å². The van der Waals surface area contributed by atoms with Crippen molar-refractivity contribution in [3.8, 4) is 11.5 Å². The lowest BCUT2D eigenvalue weighted by Crippen LogP contribution is -2.34. The first-order valence-electron chi connectivity index (χ1n) is 7.04. The Morgan fingerprint density at radius 3 is 2.44 bits per heavy atom. The van der Waals surface area contributed by atoms with E-state index < -0.39 is 10.8 Å². The van der Waals surface area contributed by atoms with Gasteiger partial charge in [-0.05, 0) is 30.4 Å². The molecule has 1 amide bonds. The summed E-state index contributed by atoms with van der Waals surface area (Å²) in [6, 6.07) is 10.6. The molecule has 0 radical (unpaired) electrons. The van der Waals surface area contributed by atoms with Crippen LogP contribution >= 0.6 is 12.2 Å². The molecule has 0 atom stereocenters. The van der Waals surface area contributed by atoms with Gasteiger partial charge in [-0.25, -0.2) is 0 Å². The van der Waals surface area contributed by atoms with Gasteiger partial charge in [0.2, 0.25) is 0 Å². The van der Waals surface area contributed by atoms with Crippen LogP contribution in [0.5, 0.6) is 11.5 Å². The molecule has 2 rings (SSSR count). The topological polar surface area (TPSA) is 103 Å². The number of nitro groups is 1. The zero-order valence-corrected chi connectivity index (χ0v) is 14.3. The normalized spacial score (nSPS) is 9.84. The predicted octanol–water partition coefficient (Wildman–Crippen LogP) is 2.74. The van der Waals surface area contributed by atoms with E-state index in [9.17, 15) is 14.9 Å². The minimum atomic E-state index is -0.676. The van der Waals surface area contributed by atoms with Crippen molar-refractivity contribution in [1.29, 1.82) is 0 Å². The molecule has 0 bridgehead atoms. The van der Waals surface area contributed by atoms with Crippen LogP contribution in [0.25, 0.3) is 0 Å². The highest BCUT2D eigenvalue weighted by Gasteiger charge is 2.20. The van der Waals surface area contributed by atoms with Crippen molar-refractivity contribution in [1.82, 2.24) is 5.32 Å². The van der Waals surface area contributed by atoms with E-state index in [1.807, 2.05) is 0 Å². The van der Waals surface area contributed by atoms with Gasteiger partial charge in [0.15, 0.2) is 16.6 Å². The summed E-state index contributed by atoms with van der Waals surface area (Å²) in [4.78, 5) is 22.6. The third kappa shape index (κ3) is 4.42. The van der Waals surface area contributed by atoms with E-state index in [0.717, 1.165) is 0 Å². The van der Waals surface area contributed by atoms with E-state index in [4.69, 9.17) is 21.7 Å². The van der Waals surface area contributed by atoms with Gasteiger partial charge in [-0.2, -0.15) is 0 Å². The number of anilines is 1. The predicted molar refractivity (Wildman–Crippen MR) is 96.3 cm³/mol. The molecule has 2 aromatic rings. The highest BCUT2D eigenvalue weighted by molar-refractivity contribution is 7.80. The van der Waals surface area contributed by atoms with Crippen molar-refractivity contribution in [2.24, 2.45) is 0 Å². The van der Waals surface area contributed by atoms with Crippen LogP contribution < -0.4 is 20.1 Å². The molecule has 0 spiro atoms. The molecule has 9 heteroatoms. The van der Waals surface area contributed by atoms with Crippen molar-refractivity contribution in [3.63, 3.8) is 0 Å². The Morgan fingerprint density at radius 1 is 1.12 bits per heavy atom. The molecule has 25 heavy (non-hydrogen) atoms. The van der Waals surface area contributed by atoms with Crippen molar-refractivity contribution < 1.29 is 19.2 Å². The molecule has 0 fully saturated rings. The van der Waals surface area contributed by atoms with Crippen LogP contribution in [0.1, 0.15) is 10.4 Å². The second kappa shape index (κ2) is 8.06. The second-order valence-electron chi connectivity index (χ2n) is 4.75. The Labute approximate surface area is 148 Å². The Hall–Kier alpha value is -3.20. The zero-order chi connectivity index (χ0) is 18.4. The molecular formula is C16H15N3O5S. The maximum Gasteiger partial charge on any atom is 0.282 e. The number of rotatable bonds is 5. The average molecular weight is 361 g/mol. The summed E-state index contributed by atoms with van der Waals surface area (Å²) in [6.07, 6.45) is 0. The summed E-state index contributed by atoms with van der Waals surface area (Å²) in [5.74, 6) is 0.355. The monoisotopic (exact) mass is 361 g/mol. The highest BCUT2D eigenvalue weighted by atomic mass is 32.1. The molecule has 0 aromatic heterocycles. The van der Waals surface area contributed by atoms with Crippen molar-refractivity contribution in [2.75, 3.05) is 19.5 Å². The van der Waals surface area contributed by atoms with E-state index in [0.29, 0.717) is 17.2 Å². The number of nitrogens with zero attached hydrogens (tertiary/aromatic N) is 1. The molecule has 130 valence electrons. The van der Waals surface area contributed by atoms with Gasteiger partial charge in [0.1, 0.15) is 5.56 Å². The van der Waals surface area contributed by atoms with E-state index in [-0.39, 0.29) is 16.4 Å². The van der Waals surface area contributed by atoms with Crippen LogP contribution in [0.2, 0.25) is 0 Å². The summed E-state index contributed by atoms with van der Waals surface area (Å²) in [5, 5.41) is 16.2. The standard InChI is InChI=1S/C16H15N3O5S/c1-23-13-8-7-10(9-14(13)24-2)17-16(25)18-15(20)11-5-3-4-6-12(11)19(21)22/h3-9H,1-2H3,(H2,17,18,20,25). The Balaban J connectivity index is 2.10. The highest BCUT2D eigenvalue weighted by Crippen LogP contribution is 2.29. The molecule has 0 saturated heterocycles. The Bertz CT molecular complexity index is 825. The summed E-state index contributed by atoms with van der Waals surface area (Å²) in [5.41, 5.74) is 0.184. The Morgan fingerprint density at radius 2 is 1.80 bits per heavy atom. The minimum absolute atomic E-state index is 0.00429. The number of thiocarbonyl (C=S) groups is 1. The number of nitro benzene ring substituents is 1. The van der Waals surface area contributed by atoms with Gasteiger partial charge >= 0.3 is 0 Å². The minimum Gasteiger partial charge on any atom is -0.493 e. The lowest BCUT2D eigenvalue weighted by molar-refractivity contribution is -0.385. The molecule has 2 aromatic carbocycles. The van der Waals surface area contributed by atoms with Crippen LogP contribution in [-0.4, -0.2) is 30.2 Å². The van der Waals surface area contributed by atoms with Crippen LogP contribution in [0.4, 0.5) is 11.4 Å². The molecule has 0 heterocycles. The number of hydrogen-bond donors (Lipinski definition) is 2. The molecule has 0 aliphatic rings. The average Bonchev–Trinajstić information content (AvgIpc) is 2.61. The van der Waals surface area contributed by atoms with Crippen molar-refractivity contribution in [3.05, 3.63) is 58.1 Å². The number of amides is 1. The van der Waals surface area contributed by atoms with Crippen LogP contribution in [0, 0.1) is 10.1 Å². The largest absolute Gasteiger partial charge is 0.493 e. The maximum atomic E-state index is 12.2. The molecule has 0 aliphatic carbocycles. The Kier molecular flexibility index (Phi) is 5.85. The lowest BCUT2D eigenvalue weighted by Gasteiger charge is -2.12. The van der Waals surface area contributed by atoms with Gasteiger partial charge in [-0.3, -0.25) is 20.2 Å². The molecule has 0 unspecified atom stereocenters. The van der Waals surface area contributed by atoms with Gasteiger partial charge in [0, 0.05) is 17.8 Å². The summed E-state index contributed by atoms with van der Waals surface area (Å²) in [6.45, 7) is 0. The first kappa shape index (κ1) is 18.1. The fourth-order valence-corrected chi connectivity index (χ4v) is 2.28. The molecule has 8 nitrogen and oxygen atoms in total. The van der Waals surface area contributed by atoms with Gasteiger partial charge in [0.05, 0.1) is 19.1 Å². The fourth-order valence-electron chi connectivity index (χ4n) is 2.07. The van der Waals surface area contributed by atoms with Gasteiger partial charge in [-0.1, -0.05) is 12.1 Å². The molecule has 0 aliphatic heterocycles. The first-order valence-corrected chi connectivity index (χ1v) is 7.45. The van der Waals surface area contributed by atoms with E-state index in [1.54, 1.807) is 18.2 Å². The van der Waals surface area contributed by atoms with Gasteiger partial charge < -0.3 is 14.8 Å². The summed E-state index contributed by atoms with van der Waals surface area (Å²) in [7, 11) is 3.01. The zero-order valence-electron chi connectivity index (χ0n) is 13.4. The number of hydrogen-bond acceptors (Lipinski definition) is 6. The third-order valence-corrected chi connectivity index (χ3v) is 3.42. The number of nitrogens with one attached hydrogen (secondary N) is 2. The third-order valence-electron chi connectivity index (χ3n) is 3.21. The van der Waals surface area contributed by atoms with Crippen LogP contribution in [0.3, 0.4) is 0 Å². The van der Waals surface area contributed by atoms with E-state index >= 15 is 0 Å². The first-order chi connectivity index (χ1) is 12.0. The number of methoxy groups -OCH3 is 2. The smallest absolute Gasteiger partial charge is 0.282 e.